The van der Waals surface area contributed by atoms with Crippen LogP contribution in [0.25, 0.3) is 0 Å². The number of hydrogen-bond donors (Lipinski definition) is 1. The van der Waals surface area contributed by atoms with Gasteiger partial charge in [0.25, 0.3) is 5.91 Å². The Morgan fingerprint density at radius 2 is 1.95 bits per heavy atom. The lowest BCUT2D eigenvalue weighted by Gasteiger charge is -2.16. The predicted octanol–water partition coefficient (Wildman–Crippen LogP) is 1.60. The summed E-state index contributed by atoms with van der Waals surface area (Å²) >= 11 is 0. The van der Waals surface area contributed by atoms with Gasteiger partial charge >= 0.3 is 5.97 Å². The van der Waals surface area contributed by atoms with Crippen molar-refractivity contribution >= 4 is 11.9 Å². The molecule has 5 nitrogen and oxygen atoms in total. The van der Waals surface area contributed by atoms with E-state index in [1.54, 1.807) is 42.7 Å². The number of methoxy groups -OCH3 is 1. The fraction of sp³-hybridized carbons (Fsp3) is 0.188. The Labute approximate surface area is 123 Å². The summed E-state index contributed by atoms with van der Waals surface area (Å²) < 4.78 is 4.75. The highest BCUT2D eigenvalue weighted by molar-refractivity contribution is 5.96. The molecule has 0 aliphatic heterocycles. The van der Waals surface area contributed by atoms with Gasteiger partial charge in [0, 0.05) is 24.4 Å². The van der Waals surface area contributed by atoms with Gasteiger partial charge in [0.15, 0.2) is 0 Å². The number of aromatic nitrogens is 1. The minimum absolute atomic E-state index is 0.310. The largest absolute Gasteiger partial charge is 0.467 e. The molecule has 1 aromatic carbocycles. The van der Waals surface area contributed by atoms with Crippen LogP contribution in [-0.4, -0.2) is 30.0 Å². The summed E-state index contributed by atoms with van der Waals surface area (Å²) in [4.78, 5) is 28.0. The highest BCUT2D eigenvalue weighted by Crippen LogP contribution is 2.05. The van der Waals surface area contributed by atoms with Crippen molar-refractivity contribution in [2.75, 3.05) is 7.11 Å². The first-order valence-corrected chi connectivity index (χ1v) is 6.53. The Morgan fingerprint density at radius 3 is 2.57 bits per heavy atom. The lowest BCUT2D eigenvalue weighted by molar-refractivity contribution is -0.142. The average molecular weight is 284 g/mol. The van der Waals surface area contributed by atoms with Crippen molar-refractivity contribution in [2.24, 2.45) is 0 Å². The van der Waals surface area contributed by atoms with Crippen molar-refractivity contribution in [3.63, 3.8) is 0 Å². The van der Waals surface area contributed by atoms with E-state index in [0.717, 1.165) is 5.56 Å². The molecule has 2 rings (SSSR count). The Kier molecular flexibility index (Phi) is 5.04. The molecule has 108 valence electrons. The summed E-state index contributed by atoms with van der Waals surface area (Å²) in [7, 11) is 1.30. The van der Waals surface area contributed by atoms with Crippen LogP contribution in [0.2, 0.25) is 0 Å². The van der Waals surface area contributed by atoms with Crippen LogP contribution in [0.4, 0.5) is 0 Å². The first-order chi connectivity index (χ1) is 10.2. The number of rotatable bonds is 5. The first-order valence-electron chi connectivity index (χ1n) is 6.53. The molecule has 0 saturated carbocycles. The zero-order valence-corrected chi connectivity index (χ0v) is 11.7. The second kappa shape index (κ2) is 7.19. The minimum Gasteiger partial charge on any atom is -0.467 e. The second-order valence-electron chi connectivity index (χ2n) is 4.48. The van der Waals surface area contributed by atoms with Crippen molar-refractivity contribution < 1.29 is 14.3 Å². The fourth-order valence-corrected chi connectivity index (χ4v) is 1.92. The predicted molar refractivity (Wildman–Crippen MR) is 77.7 cm³/mol. The van der Waals surface area contributed by atoms with Crippen LogP contribution in [0.1, 0.15) is 15.9 Å². The standard InChI is InChI=1S/C16H16N2O3/c1-21-16(20)14(10-12-6-5-9-17-11-12)18-15(19)13-7-3-2-4-8-13/h2-9,11,14H,10H2,1H3,(H,18,19). The maximum atomic E-state index is 12.1. The van der Waals surface area contributed by atoms with Crippen LogP contribution < -0.4 is 5.32 Å². The highest BCUT2D eigenvalue weighted by Gasteiger charge is 2.22. The highest BCUT2D eigenvalue weighted by atomic mass is 16.5. The van der Waals surface area contributed by atoms with E-state index < -0.39 is 12.0 Å². The quantitative estimate of drug-likeness (QED) is 0.847. The molecule has 2 aromatic rings. The molecule has 0 aliphatic carbocycles. The van der Waals surface area contributed by atoms with E-state index in [-0.39, 0.29) is 5.91 Å². The van der Waals surface area contributed by atoms with Crippen molar-refractivity contribution in [1.82, 2.24) is 10.3 Å². The number of hydrogen-bond acceptors (Lipinski definition) is 4. The summed E-state index contributed by atoms with van der Waals surface area (Å²) in [6.07, 6.45) is 3.64. The fourth-order valence-electron chi connectivity index (χ4n) is 1.92. The van der Waals surface area contributed by atoms with Gasteiger partial charge in [-0.15, -0.1) is 0 Å². The van der Waals surface area contributed by atoms with Gasteiger partial charge in [-0.05, 0) is 23.8 Å². The van der Waals surface area contributed by atoms with E-state index in [1.165, 1.54) is 7.11 Å². The van der Waals surface area contributed by atoms with E-state index in [1.807, 2.05) is 12.1 Å². The summed E-state index contributed by atoms with van der Waals surface area (Å²) in [5.74, 6) is -0.793. The van der Waals surface area contributed by atoms with E-state index in [2.05, 4.69) is 10.3 Å². The monoisotopic (exact) mass is 284 g/mol. The molecule has 0 saturated heterocycles. The zero-order valence-electron chi connectivity index (χ0n) is 11.7. The van der Waals surface area contributed by atoms with Gasteiger partial charge in [-0.3, -0.25) is 9.78 Å². The Morgan fingerprint density at radius 1 is 1.19 bits per heavy atom. The molecule has 0 fully saturated rings. The van der Waals surface area contributed by atoms with Gasteiger partial charge in [0.05, 0.1) is 7.11 Å². The van der Waals surface area contributed by atoms with Crippen molar-refractivity contribution in [1.29, 1.82) is 0 Å². The number of nitrogens with zero attached hydrogens (tertiary/aromatic N) is 1. The molecule has 21 heavy (non-hydrogen) atoms. The van der Waals surface area contributed by atoms with Gasteiger partial charge in [-0.2, -0.15) is 0 Å². The number of ether oxygens (including phenoxy) is 1. The van der Waals surface area contributed by atoms with Gasteiger partial charge < -0.3 is 10.1 Å². The van der Waals surface area contributed by atoms with Crippen LogP contribution in [0.5, 0.6) is 0 Å². The van der Waals surface area contributed by atoms with E-state index in [4.69, 9.17) is 4.74 Å². The summed E-state index contributed by atoms with van der Waals surface area (Å²) in [5.41, 5.74) is 1.35. The van der Waals surface area contributed by atoms with Gasteiger partial charge in [-0.25, -0.2) is 4.79 Å². The van der Waals surface area contributed by atoms with Crippen LogP contribution in [-0.2, 0) is 16.0 Å². The number of carbonyl (C=O) groups is 2. The lowest BCUT2D eigenvalue weighted by Crippen LogP contribution is -2.43. The maximum Gasteiger partial charge on any atom is 0.328 e. The Balaban J connectivity index is 2.10. The van der Waals surface area contributed by atoms with Gasteiger partial charge in [0.2, 0.25) is 0 Å². The second-order valence-corrected chi connectivity index (χ2v) is 4.48. The van der Waals surface area contributed by atoms with E-state index >= 15 is 0 Å². The molecule has 1 aromatic heterocycles. The SMILES string of the molecule is COC(=O)C(Cc1cccnc1)NC(=O)c1ccccc1. The molecule has 0 spiro atoms. The van der Waals surface area contributed by atoms with Crippen molar-refractivity contribution in [3.05, 3.63) is 66.0 Å². The molecule has 1 N–H and O–H groups in total. The Hall–Kier alpha value is -2.69. The number of nitrogens with one attached hydrogen (secondary N) is 1. The molecular weight excluding hydrogens is 268 g/mol. The normalized spacial score (nSPS) is 11.5. The molecule has 5 heteroatoms. The molecule has 0 bridgehead atoms. The van der Waals surface area contributed by atoms with Crippen LogP contribution in [0.3, 0.4) is 0 Å². The molecular formula is C16H16N2O3. The van der Waals surface area contributed by atoms with E-state index in [9.17, 15) is 9.59 Å². The average Bonchev–Trinajstić information content (AvgIpc) is 2.55. The first kappa shape index (κ1) is 14.7. The van der Waals surface area contributed by atoms with Crippen LogP contribution in [0.15, 0.2) is 54.9 Å². The van der Waals surface area contributed by atoms with Gasteiger partial charge in [-0.1, -0.05) is 24.3 Å². The molecule has 1 atom stereocenters. The number of amides is 1. The Bertz CT molecular complexity index is 599. The minimum atomic E-state index is -0.744. The number of benzene rings is 1. The number of esters is 1. The van der Waals surface area contributed by atoms with Crippen LogP contribution >= 0.6 is 0 Å². The third kappa shape index (κ3) is 4.14. The number of carbonyl (C=O) groups excluding carboxylic acids is 2. The maximum absolute atomic E-state index is 12.1. The zero-order chi connectivity index (χ0) is 15.1. The third-order valence-electron chi connectivity index (χ3n) is 2.99. The summed E-state index contributed by atoms with van der Waals surface area (Å²) in [6.45, 7) is 0. The summed E-state index contributed by atoms with van der Waals surface area (Å²) in [5, 5.41) is 2.69. The van der Waals surface area contributed by atoms with Gasteiger partial charge in [0.1, 0.15) is 6.04 Å². The third-order valence-corrected chi connectivity index (χ3v) is 2.99. The van der Waals surface area contributed by atoms with E-state index in [0.29, 0.717) is 12.0 Å². The number of pyridine rings is 1. The molecule has 1 heterocycles. The van der Waals surface area contributed by atoms with Crippen molar-refractivity contribution in [3.8, 4) is 0 Å². The molecule has 0 aliphatic rings. The molecule has 0 radical (unpaired) electrons. The lowest BCUT2D eigenvalue weighted by atomic mass is 10.1. The summed E-state index contributed by atoms with van der Waals surface area (Å²) in [6, 6.07) is 11.6. The van der Waals surface area contributed by atoms with Crippen molar-refractivity contribution in [2.45, 2.75) is 12.5 Å². The molecule has 1 amide bonds. The smallest absolute Gasteiger partial charge is 0.328 e. The topological polar surface area (TPSA) is 68.3 Å². The van der Waals surface area contributed by atoms with Crippen LogP contribution in [0, 0.1) is 0 Å². The molecule has 1 unspecified atom stereocenters.